The number of β-lactam (4-membered cyclic amide) rings is 1. The van der Waals surface area contributed by atoms with E-state index in [0.29, 0.717) is 9.49 Å². The molecule has 0 aromatic carbocycles. The van der Waals surface area contributed by atoms with Gasteiger partial charge in [0.2, 0.25) is 5.91 Å². The molecule has 2 saturated heterocycles. The summed E-state index contributed by atoms with van der Waals surface area (Å²) in [6.45, 7) is 3.53. The third-order valence-corrected chi connectivity index (χ3v) is 6.95. The van der Waals surface area contributed by atoms with Crippen LogP contribution < -0.4 is 0 Å². The van der Waals surface area contributed by atoms with E-state index in [4.69, 9.17) is 0 Å². The van der Waals surface area contributed by atoms with Gasteiger partial charge in [-0.2, -0.15) is 0 Å². The smallest absolute Gasteiger partial charge is 0.354 e. The summed E-state index contributed by atoms with van der Waals surface area (Å²) in [5.74, 6) is -1.83. The second-order valence-corrected chi connectivity index (χ2v) is 8.41. The van der Waals surface area contributed by atoms with Crippen molar-refractivity contribution < 1.29 is 19.8 Å². The van der Waals surface area contributed by atoms with Crippen LogP contribution in [0, 0.1) is 5.92 Å². The number of aliphatic hydroxyl groups is 1. The predicted molar refractivity (Wildman–Crippen MR) is 81.6 cm³/mol. The standard InChI is InChI=1S/C13H18N2O4S2/c1-6(16)8-10(17)15-9(12(18)19)13(21-11(8)15)20-7-3-4-14(2)5-7/h6-8,11,16H,3-5H2,1-2H3,(H,18,19)/t6?,7?,8?,11-/m1/s1. The van der Waals surface area contributed by atoms with Crippen LogP contribution >= 0.6 is 23.5 Å². The molecular weight excluding hydrogens is 312 g/mol. The molecule has 116 valence electrons. The summed E-state index contributed by atoms with van der Waals surface area (Å²) in [5, 5.41) is 19.2. The highest BCUT2D eigenvalue weighted by Gasteiger charge is 2.57. The Bertz CT molecular complexity index is 522. The molecule has 0 aromatic heterocycles. The summed E-state index contributed by atoms with van der Waals surface area (Å²) in [4.78, 5) is 27.1. The third kappa shape index (κ3) is 2.48. The fraction of sp³-hybridized carbons (Fsp3) is 0.692. The van der Waals surface area contributed by atoms with Crippen LogP contribution in [0.15, 0.2) is 9.93 Å². The van der Waals surface area contributed by atoms with Crippen molar-refractivity contribution in [1.29, 1.82) is 0 Å². The Morgan fingerprint density at radius 2 is 2.24 bits per heavy atom. The Hall–Kier alpha value is -0.700. The zero-order chi connectivity index (χ0) is 15.3. The molecule has 8 heteroatoms. The number of carboxylic acid groups (broad SMARTS) is 1. The van der Waals surface area contributed by atoms with Gasteiger partial charge in [-0.15, -0.1) is 11.8 Å². The molecule has 0 aromatic rings. The minimum atomic E-state index is -1.06. The van der Waals surface area contributed by atoms with E-state index < -0.39 is 18.0 Å². The Labute approximate surface area is 131 Å². The summed E-state index contributed by atoms with van der Waals surface area (Å²) in [6, 6.07) is 0. The molecule has 0 spiro atoms. The summed E-state index contributed by atoms with van der Waals surface area (Å²) >= 11 is 2.98. The number of likely N-dealkylation sites (tertiary alicyclic amines) is 1. The van der Waals surface area contributed by atoms with E-state index in [2.05, 4.69) is 11.9 Å². The van der Waals surface area contributed by atoms with Crippen molar-refractivity contribution in [2.45, 2.75) is 30.1 Å². The fourth-order valence-corrected chi connectivity index (χ4v) is 6.37. The molecule has 3 unspecified atom stereocenters. The van der Waals surface area contributed by atoms with Crippen LogP contribution in [0.2, 0.25) is 0 Å². The van der Waals surface area contributed by atoms with Gasteiger partial charge in [0.25, 0.3) is 0 Å². The lowest BCUT2D eigenvalue weighted by molar-refractivity contribution is -0.156. The maximum Gasteiger partial charge on any atom is 0.354 e. The monoisotopic (exact) mass is 330 g/mol. The first-order valence-corrected chi connectivity index (χ1v) is 8.66. The zero-order valence-electron chi connectivity index (χ0n) is 11.9. The lowest BCUT2D eigenvalue weighted by atomic mass is 9.92. The summed E-state index contributed by atoms with van der Waals surface area (Å²) < 4.78 is 0.712. The minimum Gasteiger partial charge on any atom is -0.477 e. The van der Waals surface area contributed by atoms with E-state index in [1.165, 1.54) is 16.7 Å². The molecule has 2 fully saturated rings. The normalized spacial score (nSPS) is 34.1. The molecule has 3 rings (SSSR count). The van der Waals surface area contributed by atoms with Crippen molar-refractivity contribution in [3.8, 4) is 0 Å². The van der Waals surface area contributed by atoms with Gasteiger partial charge < -0.3 is 15.1 Å². The number of carboxylic acids is 1. The molecule has 3 aliphatic rings. The molecule has 2 N–H and O–H groups in total. The maximum absolute atomic E-state index is 12.1. The van der Waals surface area contributed by atoms with Crippen molar-refractivity contribution in [3.63, 3.8) is 0 Å². The van der Waals surface area contributed by atoms with Gasteiger partial charge in [-0.25, -0.2) is 4.79 Å². The molecule has 0 saturated carbocycles. The first-order valence-electron chi connectivity index (χ1n) is 6.90. The molecule has 0 bridgehead atoms. The van der Waals surface area contributed by atoms with E-state index in [9.17, 15) is 19.8 Å². The van der Waals surface area contributed by atoms with Crippen molar-refractivity contribution in [2.75, 3.05) is 20.1 Å². The SMILES string of the molecule is CC(O)C1C(=O)N2C(C(=O)O)=C(SC3CCN(C)C3)S[C@H]12. The Morgan fingerprint density at radius 1 is 1.52 bits per heavy atom. The molecule has 6 nitrogen and oxygen atoms in total. The number of thioether (sulfide) groups is 2. The number of carbonyl (C=O) groups excluding carboxylic acids is 1. The number of aliphatic carboxylic acids is 1. The number of hydrogen-bond acceptors (Lipinski definition) is 6. The molecular formula is C13H18N2O4S2. The second-order valence-electron chi connectivity index (χ2n) is 5.72. The van der Waals surface area contributed by atoms with Gasteiger partial charge in [0.05, 0.1) is 16.3 Å². The highest BCUT2D eigenvalue weighted by molar-refractivity contribution is 8.23. The largest absolute Gasteiger partial charge is 0.477 e. The van der Waals surface area contributed by atoms with Gasteiger partial charge in [-0.05, 0) is 26.9 Å². The van der Waals surface area contributed by atoms with Gasteiger partial charge in [0.1, 0.15) is 5.37 Å². The van der Waals surface area contributed by atoms with E-state index >= 15 is 0 Å². The number of rotatable bonds is 4. The van der Waals surface area contributed by atoms with E-state index in [-0.39, 0.29) is 17.0 Å². The number of amides is 1. The van der Waals surface area contributed by atoms with Crippen molar-refractivity contribution in [3.05, 3.63) is 9.93 Å². The maximum atomic E-state index is 12.1. The van der Waals surface area contributed by atoms with Crippen molar-refractivity contribution in [2.24, 2.45) is 5.92 Å². The zero-order valence-corrected chi connectivity index (χ0v) is 13.5. The number of nitrogens with zero attached hydrogens (tertiary/aromatic N) is 2. The molecule has 1 amide bonds. The van der Waals surface area contributed by atoms with E-state index in [1.807, 2.05) is 0 Å². The summed E-state index contributed by atoms with van der Waals surface area (Å²) in [6.07, 6.45) is 0.277. The van der Waals surface area contributed by atoms with Crippen LogP contribution in [0.4, 0.5) is 0 Å². The first-order chi connectivity index (χ1) is 9.90. The lowest BCUT2D eigenvalue weighted by Gasteiger charge is -2.43. The van der Waals surface area contributed by atoms with E-state index in [0.717, 1.165) is 19.5 Å². The number of carbonyl (C=O) groups is 2. The highest BCUT2D eigenvalue weighted by Crippen LogP contribution is 2.54. The van der Waals surface area contributed by atoms with Gasteiger partial charge in [0.15, 0.2) is 5.70 Å². The van der Waals surface area contributed by atoms with Crippen LogP contribution in [0.3, 0.4) is 0 Å². The molecule has 21 heavy (non-hydrogen) atoms. The summed E-state index contributed by atoms with van der Waals surface area (Å²) in [5.41, 5.74) is 0.103. The Morgan fingerprint density at radius 3 is 2.76 bits per heavy atom. The molecule has 0 aliphatic carbocycles. The lowest BCUT2D eigenvalue weighted by Crippen LogP contribution is -2.60. The van der Waals surface area contributed by atoms with Crippen LogP contribution in [0.25, 0.3) is 0 Å². The average Bonchev–Trinajstić information content (AvgIpc) is 2.91. The molecule has 3 aliphatic heterocycles. The number of aliphatic hydroxyl groups excluding tert-OH is 1. The Balaban J connectivity index is 1.79. The van der Waals surface area contributed by atoms with Crippen LogP contribution in [0.5, 0.6) is 0 Å². The van der Waals surface area contributed by atoms with Crippen LogP contribution in [-0.4, -0.2) is 68.8 Å². The van der Waals surface area contributed by atoms with Crippen molar-refractivity contribution in [1.82, 2.24) is 9.80 Å². The molecule has 0 radical (unpaired) electrons. The average molecular weight is 330 g/mol. The molecule has 3 heterocycles. The third-order valence-electron chi connectivity index (χ3n) is 4.09. The topological polar surface area (TPSA) is 81.1 Å². The Kier molecular flexibility index (Phi) is 3.98. The second kappa shape index (κ2) is 5.49. The minimum absolute atomic E-state index is 0.103. The predicted octanol–water partition coefficient (Wildman–Crippen LogP) is 0.589. The number of hydrogen-bond donors (Lipinski definition) is 2. The fourth-order valence-electron chi connectivity index (χ4n) is 2.97. The van der Waals surface area contributed by atoms with Gasteiger partial charge in [0, 0.05) is 11.8 Å². The van der Waals surface area contributed by atoms with Crippen molar-refractivity contribution >= 4 is 35.4 Å². The summed E-state index contributed by atoms with van der Waals surface area (Å²) in [7, 11) is 2.05. The molecule has 4 atom stereocenters. The van der Waals surface area contributed by atoms with E-state index in [1.54, 1.807) is 18.7 Å². The van der Waals surface area contributed by atoms with Gasteiger partial charge in [-0.1, -0.05) is 11.8 Å². The quantitative estimate of drug-likeness (QED) is 0.730. The van der Waals surface area contributed by atoms with Crippen LogP contribution in [-0.2, 0) is 9.59 Å². The van der Waals surface area contributed by atoms with Crippen LogP contribution in [0.1, 0.15) is 13.3 Å². The highest BCUT2D eigenvalue weighted by atomic mass is 32.2. The first kappa shape index (κ1) is 15.2. The van der Waals surface area contributed by atoms with Gasteiger partial charge >= 0.3 is 5.97 Å². The number of fused-ring (bicyclic) bond motifs is 1. The van der Waals surface area contributed by atoms with Gasteiger partial charge in [-0.3, -0.25) is 9.69 Å².